The van der Waals surface area contributed by atoms with Crippen LogP contribution in [0.3, 0.4) is 0 Å². The second kappa shape index (κ2) is 5.85. The quantitative estimate of drug-likeness (QED) is 0.740. The highest BCUT2D eigenvalue weighted by molar-refractivity contribution is 7.90. The normalized spacial score (nSPS) is 15.2. The van der Waals surface area contributed by atoms with Gasteiger partial charge in [0.25, 0.3) is 10.0 Å². The standard InChI is InChI=1S/C18H15F3N2O2S/c19-18(20,21)14-5-1-2-7-16(14)26(24,25)23-11-13-8-9-22-10-12-4-3-6-15(23)17(12)13/h1-7,11,22H,8-10H2. The molecule has 1 aromatic heterocycles. The number of nitrogens with zero attached hydrogens (tertiary/aromatic N) is 1. The summed E-state index contributed by atoms with van der Waals surface area (Å²) < 4.78 is 67.2. The summed E-state index contributed by atoms with van der Waals surface area (Å²) in [6, 6.07) is 9.51. The predicted octanol–water partition coefficient (Wildman–Crippen LogP) is 3.54. The van der Waals surface area contributed by atoms with Gasteiger partial charge in [0, 0.05) is 18.1 Å². The Bertz CT molecular complexity index is 1100. The Morgan fingerprint density at radius 2 is 1.77 bits per heavy atom. The van der Waals surface area contributed by atoms with Crippen LogP contribution < -0.4 is 5.32 Å². The summed E-state index contributed by atoms with van der Waals surface area (Å²) in [5, 5.41) is 4.05. The van der Waals surface area contributed by atoms with Gasteiger partial charge in [-0.25, -0.2) is 12.4 Å². The van der Waals surface area contributed by atoms with Gasteiger partial charge in [-0.1, -0.05) is 24.3 Å². The number of hydrogen-bond acceptors (Lipinski definition) is 3. The molecule has 4 rings (SSSR count). The number of benzene rings is 2. The summed E-state index contributed by atoms with van der Waals surface area (Å²) in [5.74, 6) is 0. The van der Waals surface area contributed by atoms with Crippen molar-refractivity contribution in [2.45, 2.75) is 24.0 Å². The van der Waals surface area contributed by atoms with Crippen molar-refractivity contribution >= 4 is 20.9 Å². The Hall–Kier alpha value is -2.32. The van der Waals surface area contributed by atoms with Gasteiger partial charge in [-0.05, 0) is 42.3 Å². The van der Waals surface area contributed by atoms with Crippen molar-refractivity contribution in [3.8, 4) is 0 Å². The van der Waals surface area contributed by atoms with Gasteiger partial charge in [-0.15, -0.1) is 0 Å². The Balaban J connectivity index is 2.00. The van der Waals surface area contributed by atoms with Crippen molar-refractivity contribution in [1.29, 1.82) is 0 Å². The van der Waals surface area contributed by atoms with Crippen molar-refractivity contribution in [2.24, 2.45) is 0 Å². The van der Waals surface area contributed by atoms with Crippen LogP contribution in [-0.2, 0) is 29.2 Å². The Morgan fingerprint density at radius 1 is 1.00 bits per heavy atom. The first-order valence-corrected chi connectivity index (χ1v) is 9.48. The maximum atomic E-state index is 13.3. The molecule has 0 spiro atoms. The summed E-state index contributed by atoms with van der Waals surface area (Å²) in [4.78, 5) is -0.739. The summed E-state index contributed by atoms with van der Waals surface area (Å²) >= 11 is 0. The van der Waals surface area contributed by atoms with Gasteiger partial charge in [0.05, 0.1) is 11.1 Å². The van der Waals surface area contributed by atoms with Crippen LogP contribution in [0.1, 0.15) is 16.7 Å². The van der Waals surface area contributed by atoms with Crippen LogP contribution >= 0.6 is 0 Å². The lowest BCUT2D eigenvalue weighted by Gasteiger charge is -2.14. The fourth-order valence-electron chi connectivity index (χ4n) is 3.43. The third-order valence-corrected chi connectivity index (χ3v) is 6.31. The molecule has 0 saturated carbocycles. The van der Waals surface area contributed by atoms with Crippen LogP contribution in [0.2, 0.25) is 0 Å². The van der Waals surface area contributed by atoms with Crippen molar-refractivity contribution < 1.29 is 21.6 Å². The number of nitrogens with one attached hydrogen (secondary N) is 1. The molecule has 136 valence electrons. The Kier molecular flexibility index (Phi) is 3.85. The molecule has 0 saturated heterocycles. The molecule has 0 amide bonds. The summed E-state index contributed by atoms with van der Waals surface area (Å²) in [6.07, 6.45) is -2.70. The molecule has 1 aliphatic rings. The van der Waals surface area contributed by atoms with E-state index in [4.69, 9.17) is 0 Å². The van der Waals surface area contributed by atoms with Gasteiger partial charge in [-0.3, -0.25) is 0 Å². The average Bonchev–Trinajstić information content (AvgIpc) is 2.85. The van der Waals surface area contributed by atoms with Gasteiger partial charge in [0.2, 0.25) is 0 Å². The molecule has 2 heterocycles. The summed E-state index contributed by atoms with van der Waals surface area (Å²) in [6.45, 7) is 1.26. The molecular weight excluding hydrogens is 365 g/mol. The van der Waals surface area contributed by atoms with Gasteiger partial charge >= 0.3 is 6.18 Å². The van der Waals surface area contributed by atoms with Crippen LogP contribution in [0, 0.1) is 0 Å². The molecule has 0 radical (unpaired) electrons. The van der Waals surface area contributed by atoms with Crippen molar-refractivity contribution in [3.63, 3.8) is 0 Å². The van der Waals surface area contributed by atoms with Crippen LogP contribution in [-0.4, -0.2) is 18.9 Å². The van der Waals surface area contributed by atoms with Crippen LogP contribution in [0.15, 0.2) is 53.6 Å². The van der Waals surface area contributed by atoms with E-state index in [1.165, 1.54) is 18.3 Å². The molecule has 8 heteroatoms. The van der Waals surface area contributed by atoms with Crippen LogP contribution in [0.25, 0.3) is 10.9 Å². The molecule has 0 bridgehead atoms. The fourth-order valence-corrected chi connectivity index (χ4v) is 5.03. The van der Waals surface area contributed by atoms with Crippen LogP contribution in [0.5, 0.6) is 0 Å². The molecule has 4 nitrogen and oxygen atoms in total. The van der Waals surface area contributed by atoms with Crippen molar-refractivity contribution in [2.75, 3.05) is 6.54 Å². The van der Waals surface area contributed by atoms with Crippen molar-refractivity contribution in [3.05, 3.63) is 65.4 Å². The predicted molar refractivity (Wildman–Crippen MR) is 91.4 cm³/mol. The van der Waals surface area contributed by atoms with E-state index in [1.807, 2.05) is 6.07 Å². The number of halogens is 3. The van der Waals surface area contributed by atoms with E-state index in [1.54, 1.807) is 12.1 Å². The third kappa shape index (κ3) is 2.60. The first kappa shape index (κ1) is 17.1. The zero-order valence-corrected chi connectivity index (χ0v) is 14.4. The van der Waals surface area contributed by atoms with Gasteiger partial charge in [0.1, 0.15) is 4.90 Å². The lowest BCUT2D eigenvalue weighted by atomic mass is 10.1. The van der Waals surface area contributed by atoms with E-state index in [0.29, 0.717) is 25.0 Å². The summed E-state index contributed by atoms with van der Waals surface area (Å²) in [7, 11) is -4.39. The van der Waals surface area contributed by atoms with E-state index in [9.17, 15) is 21.6 Å². The van der Waals surface area contributed by atoms with E-state index in [0.717, 1.165) is 32.6 Å². The minimum atomic E-state index is -4.75. The zero-order chi connectivity index (χ0) is 18.5. The van der Waals surface area contributed by atoms with Gasteiger partial charge in [-0.2, -0.15) is 13.2 Å². The molecule has 26 heavy (non-hydrogen) atoms. The molecule has 0 atom stereocenters. The fraction of sp³-hybridized carbons (Fsp3) is 0.222. The first-order valence-electron chi connectivity index (χ1n) is 8.04. The second-order valence-corrected chi connectivity index (χ2v) is 7.97. The van der Waals surface area contributed by atoms with Crippen molar-refractivity contribution in [1.82, 2.24) is 9.29 Å². The molecule has 1 aliphatic heterocycles. The highest BCUT2D eigenvalue weighted by Gasteiger charge is 2.38. The first-order chi connectivity index (χ1) is 12.3. The minimum Gasteiger partial charge on any atom is -0.312 e. The third-order valence-electron chi connectivity index (χ3n) is 4.58. The molecular formula is C18H15F3N2O2S. The number of aromatic nitrogens is 1. The molecule has 1 N–H and O–H groups in total. The number of hydrogen-bond donors (Lipinski definition) is 1. The second-order valence-electron chi connectivity index (χ2n) is 6.19. The van der Waals surface area contributed by atoms with Gasteiger partial charge < -0.3 is 5.32 Å². The Morgan fingerprint density at radius 3 is 2.54 bits per heavy atom. The SMILES string of the molecule is O=S(=O)(c1ccccc1C(F)(F)F)n1cc2c3c(cccc31)CNCC2. The number of rotatable bonds is 2. The maximum absolute atomic E-state index is 13.3. The Labute approximate surface area is 148 Å². The van der Waals surface area contributed by atoms with E-state index in [2.05, 4.69) is 5.32 Å². The van der Waals surface area contributed by atoms with E-state index < -0.39 is 26.7 Å². The average molecular weight is 380 g/mol. The monoisotopic (exact) mass is 380 g/mol. The minimum absolute atomic E-state index is 0.401. The largest absolute Gasteiger partial charge is 0.417 e. The lowest BCUT2D eigenvalue weighted by Crippen LogP contribution is -2.19. The van der Waals surface area contributed by atoms with E-state index in [-0.39, 0.29) is 0 Å². The van der Waals surface area contributed by atoms with E-state index >= 15 is 0 Å². The molecule has 0 unspecified atom stereocenters. The smallest absolute Gasteiger partial charge is 0.312 e. The van der Waals surface area contributed by atoms with Crippen LogP contribution in [0.4, 0.5) is 13.2 Å². The zero-order valence-electron chi connectivity index (χ0n) is 13.5. The molecule has 2 aromatic carbocycles. The topological polar surface area (TPSA) is 51.1 Å². The summed E-state index contributed by atoms with van der Waals surface area (Å²) in [5.41, 5.74) is 0.994. The molecule has 3 aromatic rings. The highest BCUT2D eigenvalue weighted by Crippen LogP contribution is 2.36. The lowest BCUT2D eigenvalue weighted by molar-refractivity contribution is -0.139. The number of alkyl halides is 3. The highest BCUT2D eigenvalue weighted by atomic mass is 32.2. The molecule has 0 fully saturated rings. The molecule has 0 aliphatic carbocycles. The van der Waals surface area contributed by atoms with Gasteiger partial charge in [0.15, 0.2) is 0 Å². The maximum Gasteiger partial charge on any atom is 0.417 e.